The fraction of sp³-hybridized carbons (Fsp3) is 0.250. The molecule has 0 amide bonds. The molecule has 0 aliphatic carbocycles. The molecule has 25 heavy (non-hydrogen) atoms. The van der Waals surface area contributed by atoms with Crippen LogP contribution in [0.5, 0.6) is 0 Å². The Labute approximate surface area is 149 Å². The first kappa shape index (κ1) is 18.9. The Hall–Kier alpha value is -2.40. The Morgan fingerprint density at radius 2 is 1.80 bits per heavy atom. The standard InChI is InChI=1S/C20H23NO3S/c1-4-9-19(17-10-7-6-8-11-17)20(24-5-2)21-25(22,23)18-14-12-16(3)13-15-18/h4,6-8,10-15,19H,1,5,9H2,2-3H3/b21-20-. The highest BCUT2D eigenvalue weighted by molar-refractivity contribution is 7.90. The fourth-order valence-corrected chi connectivity index (χ4v) is 3.45. The molecular weight excluding hydrogens is 334 g/mol. The Morgan fingerprint density at radius 3 is 2.36 bits per heavy atom. The number of hydrogen-bond donors (Lipinski definition) is 0. The summed E-state index contributed by atoms with van der Waals surface area (Å²) < 4.78 is 35.0. The van der Waals surface area contributed by atoms with E-state index >= 15 is 0 Å². The van der Waals surface area contributed by atoms with E-state index in [4.69, 9.17) is 4.74 Å². The topological polar surface area (TPSA) is 55.7 Å². The van der Waals surface area contributed by atoms with Gasteiger partial charge in [-0.3, -0.25) is 0 Å². The molecule has 0 heterocycles. The second-order valence-corrected chi connectivity index (χ2v) is 7.24. The zero-order chi connectivity index (χ0) is 18.3. The molecule has 0 aromatic heterocycles. The van der Waals surface area contributed by atoms with Gasteiger partial charge in [-0.25, -0.2) is 0 Å². The first-order valence-electron chi connectivity index (χ1n) is 8.18. The van der Waals surface area contributed by atoms with Crippen molar-refractivity contribution < 1.29 is 13.2 Å². The van der Waals surface area contributed by atoms with Gasteiger partial charge >= 0.3 is 0 Å². The van der Waals surface area contributed by atoms with E-state index in [1.165, 1.54) is 0 Å². The van der Waals surface area contributed by atoms with Crippen molar-refractivity contribution in [2.75, 3.05) is 6.61 Å². The first-order valence-corrected chi connectivity index (χ1v) is 9.62. The lowest BCUT2D eigenvalue weighted by molar-refractivity contribution is 0.312. The normalized spacial score (nSPS) is 13.3. The molecular formula is C20H23NO3S. The SMILES string of the molecule is C=CCC(/C(=N/S(=O)(=O)c1ccc(C)cc1)OCC)c1ccccc1. The monoisotopic (exact) mass is 357 g/mol. The second kappa shape index (κ2) is 8.62. The summed E-state index contributed by atoms with van der Waals surface area (Å²) in [4.78, 5) is 0.153. The molecule has 0 fully saturated rings. The number of sulfonamides is 1. The quantitative estimate of drug-likeness (QED) is 0.417. The number of benzene rings is 2. The summed E-state index contributed by atoms with van der Waals surface area (Å²) in [7, 11) is -3.84. The molecule has 2 aromatic rings. The molecule has 0 bridgehead atoms. The molecule has 5 heteroatoms. The van der Waals surface area contributed by atoms with E-state index in [9.17, 15) is 8.42 Å². The maximum Gasteiger partial charge on any atom is 0.285 e. The number of aryl methyl sites for hydroxylation is 1. The van der Waals surface area contributed by atoms with Gasteiger partial charge in [0.15, 0.2) is 0 Å². The van der Waals surface area contributed by atoms with Gasteiger partial charge in [0.2, 0.25) is 5.90 Å². The van der Waals surface area contributed by atoms with Crippen molar-refractivity contribution in [1.82, 2.24) is 0 Å². The average Bonchev–Trinajstić information content (AvgIpc) is 2.60. The molecule has 0 saturated heterocycles. The lowest BCUT2D eigenvalue weighted by atomic mass is 9.95. The van der Waals surface area contributed by atoms with Crippen molar-refractivity contribution >= 4 is 15.9 Å². The van der Waals surface area contributed by atoms with Gasteiger partial charge in [-0.1, -0.05) is 54.1 Å². The van der Waals surface area contributed by atoms with E-state index in [-0.39, 0.29) is 16.7 Å². The van der Waals surface area contributed by atoms with Crippen LogP contribution in [0.3, 0.4) is 0 Å². The van der Waals surface area contributed by atoms with E-state index in [1.807, 2.05) is 44.2 Å². The van der Waals surface area contributed by atoms with Gasteiger partial charge in [0, 0.05) is 0 Å². The molecule has 0 aliphatic heterocycles. The predicted octanol–water partition coefficient (Wildman–Crippen LogP) is 4.48. The van der Waals surface area contributed by atoms with Crippen molar-refractivity contribution in [1.29, 1.82) is 0 Å². The van der Waals surface area contributed by atoms with Crippen molar-refractivity contribution in [3.8, 4) is 0 Å². The Balaban J connectivity index is 2.48. The lowest BCUT2D eigenvalue weighted by Crippen LogP contribution is -2.18. The molecule has 2 rings (SSSR count). The van der Waals surface area contributed by atoms with E-state index in [0.717, 1.165) is 11.1 Å². The summed E-state index contributed by atoms with van der Waals surface area (Å²) in [5.41, 5.74) is 1.93. The summed E-state index contributed by atoms with van der Waals surface area (Å²) in [6, 6.07) is 16.2. The zero-order valence-corrected chi connectivity index (χ0v) is 15.4. The zero-order valence-electron chi connectivity index (χ0n) is 14.6. The highest BCUT2D eigenvalue weighted by Gasteiger charge is 2.23. The fourth-order valence-electron chi connectivity index (χ4n) is 2.45. The van der Waals surface area contributed by atoms with Gasteiger partial charge < -0.3 is 4.74 Å². The molecule has 0 saturated carbocycles. The van der Waals surface area contributed by atoms with Crippen LogP contribution in [0.25, 0.3) is 0 Å². The van der Waals surface area contributed by atoms with Crippen LogP contribution in [0.15, 0.2) is 76.5 Å². The molecule has 0 N–H and O–H groups in total. The number of ether oxygens (including phenoxy) is 1. The molecule has 4 nitrogen and oxygen atoms in total. The lowest BCUT2D eigenvalue weighted by Gasteiger charge is -2.18. The Morgan fingerprint density at radius 1 is 1.16 bits per heavy atom. The predicted molar refractivity (Wildman–Crippen MR) is 101 cm³/mol. The third-order valence-electron chi connectivity index (χ3n) is 3.72. The van der Waals surface area contributed by atoms with E-state index in [1.54, 1.807) is 30.3 Å². The van der Waals surface area contributed by atoms with Gasteiger partial charge in [0.05, 0.1) is 17.4 Å². The van der Waals surface area contributed by atoms with Crippen molar-refractivity contribution in [3.05, 3.63) is 78.4 Å². The largest absolute Gasteiger partial charge is 0.480 e. The number of rotatable bonds is 7. The van der Waals surface area contributed by atoms with Gasteiger partial charge in [0.25, 0.3) is 10.0 Å². The second-order valence-electron chi connectivity index (χ2n) is 5.64. The smallest absolute Gasteiger partial charge is 0.285 e. The Kier molecular flexibility index (Phi) is 6.53. The third-order valence-corrected chi connectivity index (χ3v) is 5.01. The third kappa shape index (κ3) is 5.03. The van der Waals surface area contributed by atoms with E-state index in [0.29, 0.717) is 13.0 Å². The molecule has 1 unspecified atom stereocenters. The summed E-state index contributed by atoms with van der Waals surface area (Å²) in [5, 5.41) is 0. The highest BCUT2D eigenvalue weighted by atomic mass is 32.2. The van der Waals surface area contributed by atoms with Crippen LogP contribution in [0, 0.1) is 6.92 Å². The minimum Gasteiger partial charge on any atom is -0.480 e. The van der Waals surface area contributed by atoms with E-state index in [2.05, 4.69) is 11.0 Å². The summed E-state index contributed by atoms with van der Waals surface area (Å²) in [5.74, 6) is -0.104. The van der Waals surface area contributed by atoms with Gasteiger partial charge in [-0.15, -0.1) is 11.0 Å². The van der Waals surface area contributed by atoms with Gasteiger partial charge in [-0.05, 0) is 38.0 Å². The number of nitrogens with zero attached hydrogens (tertiary/aromatic N) is 1. The molecule has 0 aliphatic rings. The molecule has 0 spiro atoms. The maximum atomic E-state index is 12.7. The maximum absolute atomic E-state index is 12.7. The van der Waals surface area contributed by atoms with Crippen molar-refractivity contribution in [2.45, 2.75) is 31.1 Å². The Bertz CT molecular complexity index is 825. The molecule has 132 valence electrons. The molecule has 2 aromatic carbocycles. The van der Waals surface area contributed by atoms with Crippen molar-refractivity contribution in [3.63, 3.8) is 0 Å². The summed E-state index contributed by atoms with van der Waals surface area (Å²) in [6.45, 7) is 7.82. The van der Waals surface area contributed by atoms with Crippen LogP contribution >= 0.6 is 0 Å². The van der Waals surface area contributed by atoms with Crippen LogP contribution in [-0.2, 0) is 14.8 Å². The van der Waals surface area contributed by atoms with Crippen LogP contribution in [0.1, 0.15) is 30.4 Å². The average molecular weight is 357 g/mol. The first-order chi connectivity index (χ1) is 12.0. The highest BCUT2D eigenvalue weighted by Crippen LogP contribution is 2.25. The summed E-state index contributed by atoms with van der Waals surface area (Å²) >= 11 is 0. The van der Waals surface area contributed by atoms with Gasteiger partial charge in [0.1, 0.15) is 0 Å². The minimum absolute atomic E-state index is 0.153. The molecule has 1 atom stereocenters. The van der Waals surface area contributed by atoms with Crippen LogP contribution in [0.4, 0.5) is 0 Å². The van der Waals surface area contributed by atoms with Crippen LogP contribution in [0.2, 0.25) is 0 Å². The van der Waals surface area contributed by atoms with E-state index < -0.39 is 10.0 Å². The number of allylic oxidation sites excluding steroid dienone is 1. The van der Waals surface area contributed by atoms with Crippen LogP contribution in [-0.4, -0.2) is 20.9 Å². The number of hydrogen-bond acceptors (Lipinski definition) is 3. The molecule has 0 radical (unpaired) electrons. The van der Waals surface area contributed by atoms with Crippen LogP contribution < -0.4 is 0 Å². The minimum atomic E-state index is -3.84. The summed E-state index contributed by atoms with van der Waals surface area (Å²) in [6.07, 6.45) is 2.27. The van der Waals surface area contributed by atoms with Crippen molar-refractivity contribution in [2.24, 2.45) is 4.40 Å². The van der Waals surface area contributed by atoms with Gasteiger partial charge in [-0.2, -0.15) is 8.42 Å².